The first kappa shape index (κ1) is 23.1. The summed E-state index contributed by atoms with van der Waals surface area (Å²) in [6.45, 7) is 6.12. The molecule has 1 aromatic rings. The van der Waals surface area contributed by atoms with Crippen LogP contribution < -0.4 is 10.6 Å². The molecule has 9 heteroatoms. The monoisotopic (exact) mass is 498 g/mol. The molecule has 1 aromatic carbocycles. The van der Waals surface area contributed by atoms with Gasteiger partial charge in [-0.3, -0.25) is 4.99 Å². The molecule has 148 valence electrons. The molecule has 0 spiro atoms. The lowest BCUT2D eigenvalue weighted by Crippen LogP contribution is -2.45. The van der Waals surface area contributed by atoms with E-state index in [0.29, 0.717) is 38.6 Å². The van der Waals surface area contributed by atoms with Gasteiger partial charge in [0.15, 0.2) is 5.96 Å². The smallest absolute Gasteiger partial charge is 0.214 e. The Hall–Kier alpha value is -0.940. The molecule has 26 heavy (non-hydrogen) atoms. The number of nitrogens with zero attached hydrogens (tertiary/aromatic N) is 2. The van der Waals surface area contributed by atoms with Gasteiger partial charge in [0.1, 0.15) is 5.82 Å². The highest BCUT2D eigenvalue weighted by Crippen LogP contribution is 2.22. The number of halogens is 2. The zero-order valence-electron chi connectivity index (χ0n) is 15.5. The maximum Gasteiger partial charge on any atom is 0.214 e. The molecule has 0 aliphatic carbocycles. The minimum Gasteiger partial charge on any atom is -0.356 e. The van der Waals surface area contributed by atoms with Gasteiger partial charge in [0.05, 0.1) is 5.75 Å². The summed E-state index contributed by atoms with van der Waals surface area (Å²) >= 11 is 0. The van der Waals surface area contributed by atoms with Crippen LogP contribution in [0, 0.1) is 5.82 Å². The molecular formula is C17H28FIN4O2S. The van der Waals surface area contributed by atoms with Crippen molar-refractivity contribution >= 4 is 40.0 Å². The first-order valence-corrected chi connectivity index (χ1v) is 10.0. The predicted octanol–water partition coefficient (Wildman–Crippen LogP) is 1.92. The minimum atomic E-state index is -3.07. The van der Waals surface area contributed by atoms with Crippen LogP contribution in [0.3, 0.4) is 0 Å². The Labute approximate surface area is 172 Å². The average molecular weight is 498 g/mol. The third-order valence-corrected chi connectivity index (χ3v) is 6.34. The highest BCUT2D eigenvalue weighted by atomic mass is 127. The number of guanidine groups is 1. The fraction of sp³-hybridized carbons (Fsp3) is 0.588. The third-order valence-electron chi connectivity index (χ3n) is 4.38. The summed E-state index contributed by atoms with van der Waals surface area (Å²) in [5, 5.41) is 6.35. The molecular weight excluding hydrogens is 470 g/mol. The summed E-state index contributed by atoms with van der Waals surface area (Å²) in [5.41, 5.74) is 0.622. The summed E-state index contributed by atoms with van der Waals surface area (Å²) in [4.78, 5) is 4.16. The fourth-order valence-corrected chi connectivity index (χ4v) is 4.31. The van der Waals surface area contributed by atoms with E-state index in [9.17, 15) is 12.8 Å². The first-order chi connectivity index (χ1) is 11.7. The van der Waals surface area contributed by atoms with Crippen molar-refractivity contribution in [3.63, 3.8) is 0 Å². The van der Waals surface area contributed by atoms with Gasteiger partial charge < -0.3 is 10.6 Å². The summed E-state index contributed by atoms with van der Waals surface area (Å²) < 4.78 is 38.5. The Morgan fingerprint density at radius 1 is 1.35 bits per heavy atom. The van der Waals surface area contributed by atoms with E-state index in [-0.39, 0.29) is 41.0 Å². The predicted molar refractivity (Wildman–Crippen MR) is 114 cm³/mol. The SMILES string of the molecule is CN=C(NCCN1CCCS1(=O)=O)NCC(C)(C)c1cccc(F)c1.I. The van der Waals surface area contributed by atoms with Gasteiger partial charge >= 0.3 is 0 Å². The van der Waals surface area contributed by atoms with E-state index in [1.54, 1.807) is 13.1 Å². The second kappa shape index (κ2) is 9.84. The van der Waals surface area contributed by atoms with Gasteiger partial charge in [-0.2, -0.15) is 0 Å². The normalized spacial score (nSPS) is 17.6. The highest BCUT2D eigenvalue weighted by molar-refractivity contribution is 14.0. The quantitative estimate of drug-likeness (QED) is 0.357. The molecule has 2 N–H and O–H groups in total. The van der Waals surface area contributed by atoms with Crippen molar-refractivity contribution in [2.24, 2.45) is 4.99 Å². The molecule has 0 amide bonds. The molecule has 1 saturated heterocycles. The molecule has 0 unspecified atom stereocenters. The second-order valence-corrected chi connectivity index (χ2v) is 8.90. The molecule has 0 saturated carbocycles. The molecule has 0 bridgehead atoms. The van der Waals surface area contributed by atoms with Crippen LogP contribution in [0.25, 0.3) is 0 Å². The van der Waals surface area contributed by atoms with Gasteiger partial charge in [0, 0.05) is 38.6 Å². The van der Waals surface area contributed by atoms with E-state index in [0.717, 1.165) is 5.56 Å². The topological polar surface area (TPSA) is 73.8 Å². The van der Waals surface area contributed by atoms with Crippen LogP contribution in [0.5, 0.6) is 0 Å². The Balaban J connectivity index is 0.00000338. The Kier molecular flexibility index (Phi) is 8.74. The van der Waals surface area contributed by atoms with E-state index < -0.39 is 10.0 Å². The largest absolute Gasteiger partial charge is 0.356 e. The Morgan fingerprint density at radius 3 is 2.65 bits per heavy atom. The third kappa shape index (κ3) is 6.34. The van der Waals surface area contributed by atoms with Crippen molar-refractivity contribution in [2.75, 3.05) is 39.0 Å². The van der Waals surface area contributed by atoms with Crippen molar-refractivity contribution in [3.8, 4) is 0 Å². The number of rotatable bonds is 6. The van der Waals surface area contributed by atoms with Crippen LogP contribution in [0.1, 0.15) is 25.8 Å². The van der Waals surface area contributed by atoms with Crippen molar-refractivity contribution in [2.45, 2.75) is 25.7 Å². The summed E-state index contributed by atoms with van der Waals surface area (Å²) in [6, 6.07) is 6.57. The Morgan fingerprint density at radius 2 is 2.08 bits per heavy atom. The van der Waals surface area contributed by atoms with Gasteiger partial charge in [0.25, 0.3) is 0 Å². The van der Waals surface area contributed by atoms with Crippen molar-refractivity contribution in [3.05, 3.63) is 35.6 Å². The van der Waals surface area contributed by atoms with Crippen molar-refractivity contribution in [1.29, 1.82) is 0 Å². The van der Waals surface area contributed by atoms with Crippen molar-refractivity contribution < 1.29 is 12.8 Å². The molecule has 1 heterocycles. The van der Waals surface area contributed by atoms with Gasteiger partial charge in [0.2, 0.25) is 10.0 Å². The lowest BCUT2D eigenvalue weighted by molar-refractivity contribution is 0.443. The number of hydrogen-bond acceptors (Lipinski definition) is 3. The molecule has 1 fully saturated rings. The van der Waals surface area contributed by atoms with E-state index in [4.69, 9.17) is 0 Å². The maximum absolute atomic E-state index is 13.4. The number of nitrogens with one attached hydrogen (secondary N) is 2. The first-order valence-electron chi connectivity index (χ1n) is 8.43. The molecule has 1 aliphatic rings. The molecule has 2 rings (SSSR count). The second-order valence-electron chi connectivity index (χ2n) is 6.82. The number of hydrogen-bond donors (Lipinski definition) is 2. The summed E-state index contributed by atoms with van der Waals surface area (Å²) in [6.07, 6.45) is 0.692. The van der Waals surface area contributed by atoms with E-state index in [1.165, 1.54) is 16.4 Å². The molecule has 6 nitrogen and oxygen atoms in total. The lowest BCUT2D eigenvalue weighted by Gasteiger charge is -2.27. The average Bonchev–Trinajstić information content (AvgIpc) is 2.89. The number of benzene rings is 1. The van der Waals surface area contributed by atoms with Crippen LogP contribution in [0.15, 0.2) is 29.3 Å². The van der Waals surface area contributed by atoms with Gasteiger partial charge in [-0.05, 0) is 24.1 Å². The van der Waals surface area contributed by atoms with Crippen LogP contribution in [-0.4, -0.2) is 57.7 Å². The van der Waals surface area contributed by atoms with E-state index in [1.807, 2.05) is 19.9 Å². The summed E-state index contributed by atoms with van der Waals surface area (Å²) in [5.74, 6) is 0.586. The molecule has 0 atom stereocenters. The van der Waals surface area contributed by atoms with Gasteiger partial charge in [-0.25, -0.2) is 17.1 Å². The van der Waals surface area contributed by atoms with Gasteiger partial charge in [-0.1, -0.05) is 26.0 Å². The highest BCUT2D eigenvalue weighted by Gasteiger charge is 2.27. The van der Waals surface area contributed by atoms with Crippen LogP contribution in [0.2, 0.25) is 0 Å². The Bertz CT molecular complexity index is 725. The molecule has 1 aliphatic heterocycles. The van der Waals surface area contributed by atoms with Crippen LogP contribution in [-0.2, 0) is 15.4 Å². The zero-order chi connectivity index (χ0) is 18.5. The number of sulfonamides is 1. The van der Waals surface area contributed by atoms with E-state index >= 15 is 0 Å². The summed E-state index contributed by atoms with van der Waals surface area (Å²) in [7, 11) is -1.41. The fourth-order valence-electron chi connectivity index (χ4n) is 2.78. The van der Waals surface area contributed by atoms with Crippen LogP contribution >= 0.6 is 24.0 Å². The lowest BCUT2D eigenvalue weighted by atomic mass is 9.84. The zero-order valence-corrected chi connectivity index (χ0v) is 18.6. The van der Waals surface area contributed by atoms with Gasteiger partial charge in [-0.15, -0.1) is 24.0 Å². The maximum atomic E-state index is 13.4. The van der Waals surface area contributed by atoms with E-state index in [2.05, 4.69) is 15.6 Å². The number of aliphatic imine (C=N–C) groups is 1. The van der Waals surface area contributed by atoms with Crippen LogP contribution in [0.4, 0.5) is 4.39 Å². The standard InChI is InChI=1S/C17H27FN4O2S.HI/c1-17(2,14-6-4-7-15(18)12-14)13-21-16(19-3)20-8-10-22-9-5-11-25(22,23)24;/h4,6-7,12H,5,8-11,13H2,1-3H3,(H2,19,20,21);1H. The van der Waals surface area contributed by atoms with Crippen molar-refractivity contribution in [1.82, 2.24) is 14.9 Å². The molecule has 0 aromatic heterocycles. The molecule has 0 radical (unpaired) electrons. The minimum absolute atomic E-state index is 0.